The van der Waals surface area contributed by atoms with Crippen molar-refractivity contribution in [2.24, 2.45) is 0 Å². The quantitative estimate of drug-likeness (QED) is 0.897. The summed E-state index contributed by atoms with van der Waals surface area (Å²) in [5.41, 5.74) is 2.93. The summed E-state index contributed by atoms with van der Waals surface area (Å²) in [5.74, 6) is -0.388. The number of aryl methyl sites for hydroxylation is 1. The van der Waals surface area contributed by atoms with E-state index in [-0.39, 0.29) is 17.8 Å². The lowest BCUT2D eigenvalue weighted by molar-refractivity contribution is -0.120. The molecule has 1 amide bonds. The van der Waals surface area contributed by atoms with Crippen molar-refractivity contribution < 1.29 is 14.3 Å². The molecule has 0 spiro atoms. The van der Waals surface area contributed by atoms with Gasteiger partial charge in [0.15, 0.2) is 0 Å². The summed E-state index contributed by atoms with van der Waals surface area (Å²) in [7, 11) is 0. The third-order valence-electron chi connectivity index (χ3n) is 4.55. The average Bonchev–Trinajstić information content (AvgIpc) is 2.59. The van der Waals surface area contributed by atoms with Crippen molar-refractivity contribution in [3.8, 4) is 11.3 Å². The monoisotopic (exact) mass is 343 g/mol. The second-order valence-electron chi connectivity index (χ2n) is 6.47. The number of halogens is 1. The standard InChI is InChI=1S/C19H22FN3O2/c1-12-3-4-14(9-16(12)20)18-10-15(5-7-21-18)23-8-6-17(19(25)11-23)22-13(2)24/h3-5,7,9-10,17,19,25H,6,8,11H2,1-2H3,(H,22,24)/t17-,19-/m0/s1. The maximum absolute atomic E-state index is 13.8. The number of aliphatic hydroxyl groups is 1. The zero-order valence-corrected chi connectivity index (χ0v) is 14.4. The van der Waals surface area contributed by atoms with Gasteiger partial charge in [0.1, 0.15) is 5.82 Å². The molecule has 5 nitrogen and oxygen atoms in total. The lowest BCUT2D eigenvalue weighted by Gasteiger charge is -2.37. The van der Waals surface area contributed by atoms with E-state index >= 15 is 0 Å². The zero-order valence-electron chi connectivity index (χ0n) is 14.4. The number of nitrogens with one attached hydrogen (secondary N) is 1. The number of pyridine rings is 1. The van der Waals surface area contributed by atoms with Gasteiger partial charge in [-0.1, -0.05) is 12.1 Å². The fraction of sp³-hybridized carbons (Fsp3) is 0.368. The minimum Gasteiger partial charge on any atom is -0.389 e. The van der Waals surface area contributed by atoms with Gasteiger partial charge in [0, 0.05) is 37.5 Å². The lowest BCUT2D eigenvalue weighted by atomic mass is 10.0. The fourth-order valence-corrected chi connectivity index (χ4v) is 3.12. The molecular formula is C19H22FN3O2. The summed E-state index contributed by atoms with van der Waals surface area (Å²) in [5, 5.41) is 13.1. The molecule has 0 saturated carbocycles. The molecule has 1 aromatic carbocycles. The van der Waals surface area contributed by atoms with Crippen molar-refractivity contribution in [1.82, 2.24) is 10.3 Å². The van der Waals surface area contributed by atoms with Gasteiger partial charge in [0.05, 0.1) is 17.8 Å². The number of carbonyl (C=O) groups is 1. The van der Waals surface area contributed by atoms with E-state index < -0.39 is 6.10 Å². The Morgan fingerprint density at radius 1 is 1.36 bits per heavy atom. The number of nitrogens with zero attached hydrogens (tertiary/aromatic N) is 2. The molecule has 2 heterocycles. The van der Waals surface area contributed by atoms with Crippen LogP contribution in [0, 0.1) is 12.7 Å². The van der Waals surface area contributed by atoms with Gasteiger partial charge in [-0.15, -0.1) is 0 Å². The van der Waals surface area contributed by atoms with Crippen molar-refractivity contribution >= 4 is 11.6 Å². The highest BCUT2D eigenvalue weighted by Crippen LogP contribution is 2.26. The maximum atomic E-state index is 13.8. The molecule has 0 unspecified atom stereocenters. The Labute approximate surface area is 146 Å². The third-order valence-corrected chi connectivity index (χ3v) is 4.55. The number of hydrogen-bond donors (Lipinski definition) is 2. The lowest BCUT2D eigenvalue weighted by Crippen LogP contribution is -2.53. The summed E-state index contributed by atoms with van der Waals surface area (Å²) in [6.07, 6.45) is 1.72. The molecule has 25 heavy (non-hydrogen) atoms. The van der Waals surface area contributed by atoms with Crippen molar-refractivity contribution in [3.63, 3.8) is 0 Å². The van der Waals surface area contributed by atoms with Crippen LogP contribution in [0.4, 0.5) is 10.1 Å². The Bertz CT molecular complexity index is 781. The first-order valence-electron chi connectivity index (χ1n) is 8.37. The van der Waals surface area contributed by atoms with Gasteiger partial charge in [-0.25, -0.2) is 4.39 Å². The predicted molar refractivity (Wildman–Crippen MR) is 94.8 cm³/mol. The Hall–Kier alpha value is -2.47. The molecule has 3 rings (SSSR count). The molecule has 0 bridgehead atoms. The molecule has 2 aromatic rings. The van der Waals surface area contributed by atoms with E-state index in [0.717, 1.165) is 11.3 Å². The summed E-state index contributed by atoms with van der Waals surface area (Å²) in [6, 6.07) is 8.62. The number of β-amino-alcohol motifs (C(OH)–C–C–N with tert-alkyl or cyclic N) is 1. The predicted octanol–water partition coefficient (Wildman–Crippen LogP) is 2.27. The van der Waals surface area contributed by atoms with E-state index in [2.05, 4.69) is 15.2 Å². The molecule has 1 fully saturated rings. The van der Waals surface area contributed by atoms with Gasteiger partial charge >= 0.3 is 0 Å². The number of carbonyl (C=O) groups excluding carboxylic acids is 1. The highest BCUT2D eigenvalue weighted by Gasteiger charge is 2.28. The molecule has 0 aliphatic carbocycles. The largest absolute Gasteiger partial charge is 0.389 e. The summed E-state index contributed by atoms with van der Waals surface area (Å²) >= 11 is 0. The van der Waals surface area contributed by atoms with Gasteiger partial charge in [-0.05, 0) is 37.1 Å². The van der Waals surface area contributed by atoms with Crippen LogP contribution in [-0.2, 0) is 4.79 Å². The van der Waals surface area contributed by atoms with Crippen LogP contribution in [0.15, 0.2) is 36.5 Å². The average molecular weight is 343 g/mol. The molecule has 2 atom stereocenters. The normalized spacial score (nSPS) is 20.4. The van der Waals surface area contributed by atoms with E-state index in [4.69, 9.17) is 0 Å². The number of hydrogen-bond acceptors (Lipinski definition) is 4. The Kier molecular flexibility index (Phi) is 4.99. The van der Waals surface area contributed by atoms with Crippen LogP contribution in [0.25, 0.3) is 11.3 Å². The summed E-state index contributed by atoms with van der Waals surface area (Å²) < 4.78 is 13.8. The number of benzene rings is 1. The van der Waals surface area contributed by atoms with Gasteiger partial charge in [0.2, 0.25) is 5.91 Å². The molecule has 0 radical (unpaired) electrons. The molecule has 2 N–H and O–H groups in total. The molecule has 1 aliphatic rings. The highest BCUT2D eigenvalue weighted by molar-refractivity contribution is 5.73. The molecule has 1 saturated heterocycles. The van der Waals surface area contributed by atoms with Crippen LogP contribution in [-0.4, -0.2) is 41.2 Å². The third kappa shape index (κ3) is 3.96. The SMILES string of the molecule is CC(=O)N[C@H]1CCN(c2ccnc(-c3ccc(C)c(F)c3)c2)C[C@@H]1O. The molecule has 1 aliphatic heterocycles. The number of aromatic nitrogens is 1. The second kappa shape index (κ2) is 7.19. The van der Waals surface area contributed by atoms with Crippen molar-refractivity contribution in [2.45, 2.75) is 32.4 Å². The first-order chi connectivity index (χ1) is 11.9. The molecule has 132 valence electrons. The van der Waals surface area contributed by atoms with Gasteiger partial charge in [-0.3, -0.25) is 9.78 Å². The van der Waals surface area contributed by atoms with Crippen LogP contribution < -0.4 is 10.2 Å². The fourth-order valence-electron chi connectivity index (χ4n) is 3.12. The van der Waals surface area contributed by atoms with Crippen LogP contribution in [0.2, 0.25) is 0 Å². The minimum absolute atomic E-state index is 0.134. The number of aliphatic hydroxyl groups excluding tert-OH is 1. The van der Waals surface area contributed by atoms with Crippen LogP contribution >= 0.6 is 0 Å². The number of anilines is 1. The van der Waals surface area contributed by atoms with Crippen LogP contribution in [0.3, 0.4) is 0 Å². The smallest absolute Gasteiger partial charge is 0.217 e. The molecule has 1 aromatic heterocycles. The van der Waals surface area contributed by atoms with Crippen LogP contribution in [0.1, 0.15) is 18.9 Å². The van der Waals surface area contributed by atoms with Gasteiger partial charge in [0.25, 0.3) is 0 Å². The zero-order chi connectivity index (χ0) is 18.0. The first kappa shape index (κ1) is 17.4. The van der Waals surface area contributed by atoms with E-state index in [0.29, 0.717) is 30.8 Å². The minimum atomic E-state index is -0.633. The second-order valence-corrected chi connectivity index (χ2v) is 6.47. The number of amides is 1. The van der Waals surface area contributed by atoms with Crippen LogP contribution in [0.5, 0.6) is 0 Å². The number of rotatable bonds is 3. The summed E-state index contributed by atoms with van der Waals surface area (Å²) in [4.78, 5) is 17.6. The van der Waals surface area contributed by atoms with E-state index in [1.807, 2.05) is 18.2 Å². The summed E-state index contributed by atoms with van der Waals surface area (Å²) in [6.45, 7) is 4.32. The topological polar surface area (TPSA) is 65.5 Å². The molecular weight excluding hydrogens is 321 g/mol. The van der Waals surface area contributed by atoms with E-state index in [1.54, 1.807) is 19.2 Å². The van der Waals surface area contributed by atoms with Gasteiger partial charge in [-0.2, -0.15) is 0 Å². The first-order valence-corrected chi connectivity index (χ1v) is 8.37. The van der Waals surface area contributed by atoms with E-state index in [1.165, 1.54) is 13.0 Å². The van der Waals surface area contributed by atoms with Crippen molar-refractivity contribution in [1.29, 1.82) is 0 Å². The van der Waals surface area contributed by atoms with Crippen molar-refractivity contribution in [2.75, 3.05) is 18.0 Å². The maximum Gasteiger partial charge on any atom is 0.217 e. The van der Waals surface area contributed by atoms with Crippen molar-refractivity contribution in [3.05, 3.63) is 47.9 Å². The Balaban J connectivity index is 1.78. The van der Waals surface area contributed by atoms with Gasteiger partial charge < -0.3 is 15.3 Å². The van der Waals surface area contributed by atoms with E-state index in [9.17, 15) is 14.3 Å². The number of piperidine rings is 1. The molecule has 6 heteroatoms. The highest BCUT2D eigenvalue weighted by atomic mass is 19.1. The Morgan fingerprint density at radius 3 is 2.84 bits per heavy atom. The Morgan fingerprint density at radius 2 is 2.16 bits per heavy atom.